The van der Waals surface area contributed by atoms with Crippen molar-refractivity contribution >= 4 is 0 Å². The molecule has 0 amide bonds. The van der Waals surface area contributed by atoms with Crippen LogP contribution in [-0.4, -0.2) is 18.5 Å². The Morgan fingerprint density at radius 2 is 1.86 bits per heavy atom. The van der Waals surface area contributed by atoms with Gasteiger partial charge in [0, 0.05) is 7.11 Å². The highest BCUT2D eigenvalue weighted by Crippen LogP contribution is 1.94. The van der Waals surface area contributed by atoms with E-state index in [-0.39, 0.29) is 0 Å². The summed E-state index contributed by atoms with van der Waals surface area (Å²) in [6.07, 6.45) is 1.15. The van der Waals surface area contributed by atoms with Gasteiger partial charge in [0.15, 0.2) is 6.29 Å². The summed E-state index contributed by atoms with van der Waals surface area (Å²) in [5.41, 5.74) is 1.32. The Bertz CT molecular complexity index is 209. The zero-order chi connectivity index (χ0) is 10.8. The highest BCUT2D eigenvalue weighted by Gasteiger charge is 1.94. The highest BCUT2D eigenvalue weighted by atomic mass is 16.6. The van der Waals surface area contributed by atoms with Crippen LogP contribution in [-0.2, 0) is 4.74 Å². The Labute approximate surface area is 86.5 Å². The molecule has 0 saturated heterocycles. The van der Waals surface area contributed by atoms with Crippen molar-refractivity contribution < 1.29 is 9.84 Å². The Morgan fingerprint density at radius 1 is 1.29 bits per heavy atom. The molecule has 0 aromatic heterocycles. The summed E-state index contributed by atoms with van der Waals surface area (Å²) in [5, 5.41) is 8.64. The van der Waals surface area contributed by atoms with Crippen molar-refractivity contribution in [1.29, 1.82) is 0 Å². The number of aliphatic hydroxyl groups excluding tert-OH is 1. The SMILES string of the molecule is CCCC(O)OC.Cc1ccccc1. The monoisotopic (exact) mass is 196 g/mol. The Balaban J connectivity index is 0.000000241. The summed E-state index contributed by atoms with van der Waals surface area (Å²) in [6.45, 7) is 4.09. The minimum Gasteiger partial charge on any atom is -0.368 e. The van der Waals surface area contributed by atoms with Crippen LogP contribution in [0.2, 0.25) is 0 Å². The second-order valence-electron chi connectivity index (χ2n) is 3.13. The molecule has 1 atom stereocenters. The summed E-state index contributed by atoms with van der Waals surface area (Å²) in [5.74, 6) is 0. The van der Waals surface area contributed by atoms with Gasteiger partial charge in [-0.25, -0.2) is 0 Å². The van der Waals surface area contributed by atoms with Crippen LogP contribution < -0.4 is 0 Å². The van der Waals surface area contributed by atoms with E-state index in [0.717, 1.165) is 12.8 Å². The molecule has 80 valence electrons. The fourth-order valence-corrected chi connectivity index (χ4v) is 0.899. The highest BCUT2D eigenvalue weighted by molar-refractivity contribution is 5.11. The van der Waals surface area contributed by atoms with Gasteiger partial charge < -0.3 is 9.84 Å². The molecule has 0 heterocycles. The number of hydrogen-bond acceptors (Lipinski definition) is 2. The number of aryl methyl sites for hydroxylation is 1. The maximum atomic E-state index is 8.64. The van der Waals surface area contributed by atoms with Crippen LogP contribution >= 0.6 is 0 Å². The molecule has 1 aromatic carbocycles. The second kappa shape index (κ2) is 8.73. The lowest BCUT2D eigenvalue weighted by atomic mass is 10.2. The van der Waals surface area contributed by atoms with E-state index in [1.54, 1.807) is 0 Å². The molecule has 1 rings (SSSR count). The van der Waals surface area contributed by atoms with Crippen LogP contribution in [0.1, 0.15) is 25.3 Å². The van der Waals surface area contributed by atoms with Gasteiger partial charge in [-0.05, 0) is 13.3 Å². The van der Waals surface area contributed by atoms with E-state index >= 15 is 0 Å². The maximum absolute atomic E-state index is 8.64. The van der Waals surface area contributed by atoms with Crippen molar-refractivity contribution in [2.75, 3.05) is 7.11 Å². The van der Waals surface area contributed by atoms with Crippen LogP contribution in [0, 0.1) is 6.92 Å². The van der Waals surface area contributed by atoms with Gasteiger partial charge in [0.05, 0.1) is 0 Å². The van der Waals surface area contributed by atoms with Crippen LogP contribution in [0.5, 0.6) is 0 Å². The fraction of sp³-hybridized carbons (Fsp3) is 0.500. The van der Waals surface area contributed by atoms with Crippen molar-refractivity contribution in [2.24, 2.45) is 0 Å². The minimum atomic E-state index is -0.551. The molecule has 0 spiro atoms. The Hall–Kier alpha value is -0.860. The van der Waals surface area contributed by atoms with E-state index in [4.69, 9.17) is 5.11 Å². The first-order valence-corrected chi connectivity index (χ1v) is 4.93. The summed E-state index contributed by atoms with van der Waals surface area (Å²) >= 11 is 0. The van der Waals surface area contributed by atoms with Crippen LogP contribution in [0.15, 0.2) is 30.3 Å². The van der Waals surface area contributed by atoms with Crippen molar-refractivity contribution in [3.05, 3.63) is 35.9 Å². The summed E-state index contributed by atoms with van der Waals surface area (Å²) in [7, 11) is 1.50. The number of benzene rings is 1. The first-order valence-electron chi connectivity index (χ1n) is 4.93. The van der Waals surface area contributed by atoms with Crippen LogP contribution in [0.4, 0.5) is 0 Å². The fourth-order valence-electron chi connectivity index (χ4n) is 0.899. The van der Waals surface area contributed by atoms with Gasteiger partial charge in [0.25, 0.3) is 0 Å². The number of hydrogen-bond donors (Lipinski definition) is 1. The Morgan fingerprint density at radius 3 is 2.07 bits per heavy atom. The zero-order valence-electron chi connectivity index (χ0n) is 9.23. The number of methoxy groups -OCH3 is 1. The third-order valence-electron chi connectivity index (χ3n) is 1.75. The lowest BCUT2D eigenvalue weighted by Crippen LogP contribution is -2.06. The average Bonchev–Trinajstić information content (AvgIpc) is 2.20. The molecule has 2 nitrogen and oxygen atoms in total. The smallest absolute Gasteiger partial charge is 0.154 e. The summed E-state index contributed by atoms with van der Waals surface area (Å²) in [6, 6.07) is 10.3. The first kappa shape index (κ1) is 13.1. The van der Waals surface area contributed by atoms with Gasteiger partial charge >= 0.3 is 0 Å². The molecular formula is C12H20O2. The molecule has 0 fully saturated rings. The van der Waals surface area contributed by atoms with Gasteiger partial charge in [0.1, 0.15) is 0 Å². The minimum absolute atomic E-state index is 0.551. The predicted molar refractivity (Wildman–Crippen MR) is 59.1 cm³/mol. The molecule has 0 bridgehead atoms. The molecule has 0 aliphatic rings. The van der Waals surface area contributed by atoms with Crippen molar-refractivity contribution in [3.8, 4) is 0 Å². The second-order valence-corrected chi connectivity index (χ2v) is 3.13. The lowest BCUT2D eigenvalue weighted by Gasteiger charge is -2.03. The van der Waals surface area contributed by atoms with Crippen molar-refractivity contribution in [3.63, 3.8) is 0 Å². The van der Waals surface area contributed by atoms with Crippen LogP contribution in [0.25, 0.3) is 0 Å². The number of ether oxygens (including phenoxy) is 1. The molecule has 2 heteroatoms. The third kappa shape index (κ3) is 7.77. The quantitative estimate of drug-likeness (QED) is 0.753. The molecule has 1 aromatic rings. The first-order chi connectivity index (χ1) is 6.70. The Kier molecular flexibility index (Phi) is 8.19. The van der Waals surface area contributed by atoms with Gasteiger partial charge in [0.2, 0.25) is 0 Å². The third-order valence-corrected chi connectivity index (χ3v) is 1.75. The predicted octanol–water partition coefficient (Wildman–Crippen LogP) is 2.75. The van der Waals surface area contributed by atoms with Gasteiger partial charge in [-0.15, -0.1) is 0 Å². The summed E-state index contributed by atoms with van der Waals surface area (Å²) in [4.78, 5) is 0. The van der Waals surface area contributed by atoms with Gasteiger partial charge in [-0.2, -0.15) is 0 Å². The molecular weight excluding hydrogens is 176 g/mol. The van der Waals surface area contributed by atoms with Crippen LogP contribution in [0.3, 0.4) is 0 Å². The molecule has 1 N–H and O–H groups in total. The molecule has 1 unspecified atom stereocenters. The standard InChI is InChI=1S/C7H8.C5H12O2/c1-7-5-3-2-4-6-7;1-3-4-5(6)7-2/h2-6H,1H3;5-6H,3-4H2,1-2H3. The average molecular weight is 196 g/mol. The van der Waals surface area contributed by atoms with E-state index in [1.807, 2.05) is 25.1 Å². The topological polar surface area (TPSA) is 29.5 Å². The zero-order valence-corrected chi connectivity index (χ0v) is 9.23. The van der Waals surface area contributed by atoms with Crippen molar-refractivity contribution in [2.45, 2.75) is 33.0 Å². The van der Waals surface area contributed by atoms with E-state index in [9.17, 15) is 0 Å². The molecule has 0 saturated carbocycles. The lowest BCUT2D eigenvalue weighted by molar-refractivity contribution is -0.0783. The number of rotatable bonds is 3. The molecule has 0 radical (unpaired) electrons. The van der Waals surface area contributed by atoms with E-state index in [2.05, 4.69) is 23.8 Å². The number of aliphatic hydroxyl groups is 1. The normalized spacial score (nSPS) is 11.4. The van der Waals surface area contributed by atoms with E-state index in [1.165, 1.54) is 12.7 Å². The van der Waals surface area contributed by atoms with Crippen molar-refractivity contribution in [1.82, 2.24) is 0 Å². The van der Waals surface area contributed by atoms with E-state index < -0.39 is 6.29 Å². The molecule has 14 heavy (non-hydrogen) atoms. The molecule has 0 aliphatic heterocycles. The van der Waals surface area contributed by atoms with Gasteiger partial charge in [-0.3, -0.25) is 0 Å². The molecule has 0 aliphatic carbocycles. The maximum Gasteiger partial charge on any atom is 0.154 e. The van der Waals surface area contributed by atoms with E-state index in [0.29, 0.717) is 0 Å². The summed E-state index contributed by atoms with van der Waals surface area (Å²) < 4.78 is 4.55. The van der Waals surface area contributed by atoms with Gasteiger partial charge in [-0.1, -0.05) is 49.2 Å². The largest absolute Gasteiger partial charge is 0.368 e.